The highest BCUT2D eigenvalue weighted by Crippen LogP contribution is 2.40. The smallest absolute Gasteiger partial charge is 0.327 e. The van der Waals surface area contributed by atoms with Crippen molar-refractivity contribution in [3.05, 3.63) is 36.0 Å². The van der Waals surface area contributed by atoms with Gasteiger partial charge in [-0.15, -0.1) is 0 Å². The summed E-state index contributed by atoms with van der Waals surface area (Å²) >= 11 is 0. The number of aromatic nitrogens is 1. The van der Waals surface area contributed by atoms with Gasteiger partial charge in [-0.25, -0.2) is 4.79 Å². The normalized spacial score (nSPS) is 27.5. The first-order valence-electron chi connectivity index (χ1n) is 11.9. The molecule has 2 aromatic rings. The van der Waals surface area contributed by atoms with Gasteiger partial charge in [-0.3, -0.25) is 15.1 Å². The van der Waals surface area contributed by atoms with Crippen molar-refractivity contribution in [3.63, 3.8) is 0 Å². The van der Waals surface area contributed by atoms with Crippen LogP contribution in [0.2, 0.25) is 0 Å². The third-order valence-electron chi connectivity index (χ3n) is 6.81. The number of ether oxygens (including phenoxy) is 3. The number of carbonyl (C=O) groups is 2. The van der Waals surface area contributed by atoms with E-state index in [2.05, 4.69) is 16.4 Å². The third kappa shape index (κ3) is 4.71. The van der Waals surface area contributed by atoms with Crippen LogP contribution in [0.5, 0.6) is 0 Å². The summed E-state index contributed by atoms with van der Waals surface area (Å²) in [5.74, 6) is -1.20. The standard InChI is InChI=1S/C24H32N6O5/c1-24(2)34-20-17(11-19(31)27-8-7-14-12-28-16-6-4-3-5-15(14)16)33-18(21(20)35-24)13-29-9-10-30(22(25)26)23(29)32/h3-6,12,17-18,20-21,28H,7-11,13H2,1-2H3,(H3,25,26)(H,27,31)/t17-,18+,20+,21-/m1/s1. The van der Waals surface area contributed by atoms with Gasteiger partial charge >= 0.3 is 6.03 Å². The Morgan fingerprint density at radius 3 is 2.71 bits per heavy atom. The fraction of sp³-hybridized carbons (Fsp3) is 0.542. The number of urea groups is 1. The maximum absolute atomic E-state index is 12.8. The first-order valence-corrected chi connectivity index (χ1v) is 11.9. The van der Waals surface area contributed by atoms with Gasteiger partial charge in [0.15, 0.2) is 11.7 Å². The second kappa shape index (κ2) is 9.14. The van der Waals surface area contributed by atoms with Gasteiger partial charge in [0.25, 0.3) is 0 Å². The number of nitrogens with one attached hydrogen (secondary N) is 3. The van der Waals surface area contributed by atoms with Crippen LogP contribution in [0.4, 0.5) is 4.79 Å². The monoisotopic (exact) mass is 484 g/mol. The van der Waals surface area contributed by atoms with E-state index in [0.29, 0.717) is 26.1 Å². The Morgan fingerprint density at radius 1 is 1.23 bits per heavy atom. The van der Waals surface area contributed by atoms with Gasteiger partial charge < -0.3 is 35.1 Å². The van der Waals surface area contributed by atoms with E-state index in [0.717, 1.165) is 16.5 Å². The second-order valence-corrected chi connectivity index (χ2v) is 9.71. The van der Waals surface area contributed by atoms with Crippen molar-refractivity contribution in [1.29, 1.82) is 5.41 Å². The number of hydrogen-bond donors (Lipinski definition) is 4. The number of nitrogens with two attached hydrogens (primary N) is 1. The number of fused-ring (bicyclic) bond motifs is 2. The van der Waals surface area contributed by atoms with Crippen molar-refractivity contribution in [2.75, 3.05) is 26.2 Å². The van der Waals surface area contributed by atoms with Gasteiger partial charge in [0.1, 0.15) is 18.3 Å². The summed E-state index contributed by atoms with van der Waals surface area (Å²) in [4.78, 5) is 31.4. The minimum absolute atomic E-state index is 0.123. The number of H-pyrrole nitrogens is 1. The summed E-state index contributed by atoms with van der Waals surface area (Å²) < 4.78 is 18.4. The minimum Gasteiger partial charge on any atom is -0.370 e. The van der Waals surface area contributed by atoms with E-state index in [1.165, 1.54) is 4.90 Å². The molecule has 3 aliphatic rings. The Labute approximate surface area is 203 Å². The van der Waals surface area contributed by atoms with E-state index in [9.17, 15) is 9.59 Å². The number of aromatic amines is 1. The number of carbonyl (C=O) groups excluding carboxylic acids is 2. The predicted molar refractivity (Wildman–Crippen MR) is 128 cm³/mol. The number of benzene rings is 1. The molecule has 4 atom stereocenters. The molecule has 0 bridgehead atoms. The van der Waals surface area contributed by atoms with Crippen LogP contribution in [0.3, 0.4) is 0 Å². The topological polar surface area (TPSA) is 146 Å². The average Bonchev–Trinajstić information content (AvgIpc) is 3.53. The molecule has 0 saturated carbocycles. The molecule has 0 radical (unpaired) electrons. The van der Waals surface area contributed by atoms with Gasteiger partial charge in [0.2, 0.25) is 5.91 Å². The van der Waals surface area contributed by atoms with E-state index in [1.807, 2.05) is 38.2 Å². The van der Waals surface area contributed by atoms with E-state index < -0.39 is 30.2 Å². The molecule has 0 unspecified atom stereocenters. The van der Waals surface area contributed by atoms with Gasteiger partial charge in [-0.2, -0.15) is 0 Å². The van der Waals surface area contributed by atoms with E-state index in [4.69, 9.17) is 25.4 Å². The number of para-hydroxylation sites is 1. The number of hydrogen-bond acceptors (Lipinski definition) is 6. The van der Waals surface area contributed by atoms with Crippen molar-refractivity contribution in [1.82, 2.24) is 20.1 Å². The fourth-order valence-corrected chi connectivity index (χ4v) is 5.21. The molecule has 5 N–H and O–H groups in total. The van der Waals surface area contributed by atoms with Crippen LogP contribution in [0.1, 0.15) is 25.8 Å². The zero-order chi connectivity index (χ0) is 24.7. The Hall–Kier alpha value is -3.15. The van der Waals surface area contributed by atoms with Crippen LogP contribution in [0.25, 0.3) is 10.9 Å². The molecule has 3 amide bonds. The van der Waals surface area contributed by atoms with Crippen molar-refractivity contribution >= 4 is 28.8 Å². The lowest BCUT2D eigenvalue weighted by Gasteiger charge is -2.26. The molecule has 11 nitrogen and oxygen atoms in total. The van der Waals surface area contributed by atoms with E-state index >= 15 is 0 Å². The SMILES string of the molecule is CC1(C)O[C@@H]2[C@H](O1)[C@H](CN1CCN(C(=N)N)C1=O)O[C@@H]2CC(=O)NCCc1c[nH]c2ccccc12. The van der Waals surface area contributed by atoms with Crippen molar-refractivity contribution in [2.24, 2.45) is 5.73 Å². The quantitative estimate of drug-likeness (QED) is 0.342. The molecule has 0 aliphatic carbocycles. The molecule has 3 fully saturated rings. The molecule has 1 aromatic carbocycles. The number of rotatable bonds is 7. The Balaban J connectivity index is 1.18. The van der Waals surface area contributed by atoms with Crippen molar-refractivity contribution in [2.45, 2.75) is 56.9 Å². The molecule has 1 aromatic heterocycles. The lowest BCUT2D eigenvalue weighted by atomic mass is 10.0. The molecule has 5 rings (SSSR count). The minimum atomic E-state index is -0.804. The highest BCUT2D eigenvalue weighted by atomic mass is 16.8. The zero-order valence-electron chi connectivity index (χ0n) is 20.0. The van der Waals surface area contributed by atoms with E-state index in [1.54, 1.807) is 4.90 Å². The largest absolute Gasteiger partial charge is 0.370 e. The lowest BCUT2D eigenvalue weighted by molar-refractivity contribution is -0.188. The average molecular weight is 485 g/mol. The highest BCUT2D eigenvalue weighted by molar-refractivity contribution is 5.95. The van der Waals surface area contributed by atoms with Crippen LogP contribution in [-0.2, 0) is 25.4 Å². The summed E-state index contributed by atoms with van der Waals surface area (Å²) in [6.45, 7) is 5.26. The molecule has 35 heavy (non-hydrogen) atoms. The van der Waals surface area contributed by atoms with Crippen LogP contribution in [0, 0.1) is 5.41 Å². The van der Waals surface area contributed by atoms with Crippen LogP contribution < -0.4 is 11.1 Å². The van der Waals surface area contributed by atoms with Gasteiger partial charge in [-0.05, 0) is 31.9 Å². The molecule has 3 aliphatic heterocycles. The highest BCUT2D eigenvalue weighted by Gasteiger charge is 2.56. The first kappa shape index (κ1) is 23.6. The maximum atomic E-state index is 12.8. The molecule has 3 saturated heterocycles. The van der Waals surface area contributed by atoms with Crippen molar-refractivity contribution < 1.29 is 23.8 Å². The summed E-state index contributed by atoms with van der Waals surface area (Å²) in [5.41, 5.74) is 7.73. The molecule has 11 heteroatoms. The third-order valence-corrected chi connectivity index (χ3v) is 6.81. The van der Waals surface area contributed by atoms with Crippen LogP contribution >= 0.6 is 0 Å². The molecular formula is C24H32N6O5. The Bertz CT molecular complexity index is 1130. The summed E-state index contributed by atoms with van der Waals surface area (Å²) in [6, 6.07) is 7.76. The Kier molecular flexibility index (Phi) is 6.16. The number of amides is 3. The molecule has 4 heterocycles. The summed E-state index contributed by atoms with van der Waals surface area (Å²) in [6.07, 6.45) is 1.10. The van der Waals surface area contributed by atoms with Gasteiger partial charge in [-0.1, -0.05) is 18.2 Å². The summed E-state index contributed by atoms with van der Waals surface area (Å²) in [5, 5.41) is 11.7. The lowest BCUT2D eigenvalue weighted by Crippen LogP contribution is -2.44. The maximum Gasteiger partial charge on any atom is 0.327 e. The molecular weight excluding hydrogens is 452 g/mol. The zero-order valence-corrected chi connectivity index (χ0v) is 20.0. The summed E-state index contributed by atoms with van der Waals surface area (Å²) in [7, 11) is 0. The first-order chi connectivity index (χ1) is 16.7. The number of nitrogens with zero attached hydrogens (tertiary/aromatic N) is 2. The second-order valence-electron chi connectivity index (χ2n) is 9.71. The fourth-order valence-electron chi connectivity index (χ4n) is 5.21. The van der Waals surface area contributed by atoms with E-state index in [-0.39, 0.29) is 30.9 Å². The molecule has 188 valence electrons. The molecule has 0 spiro atoms. The van der Waals surface area contributed by atoms with Crippen LogP contribution in [0.15, 0.2) is 30.5 Å². The van der Waals surface area contributed by atoms with Crippen LogP contribution in [-0.4, -0.2) is 89.1 Å². The Morgan fingerprint density at radius 2 is 1.97 bits per heavy atom. The van der Waals surface area contributed by atoms with Gasteiger partial charge in [0, 0.05) is 36.7 Å². The predicted octanol–water partition coefficient (Wildman–Crippen LogP) is 1.14. The van der Waals surface area contributed by atoms with Crippen molar-refractivity contribution in [3.8, 4) is 0 Å². The number of guanidine groups is 1. The van der Waals surface area contributed by atoms with Gasteiger partial charge in [0.05, 0.1) is 19.1 Å².